The molecule has 1 aromatic carbocycles. The van der Waals surface area contributed by atoms with Gasteiger partial charge in [-0.05, 0) is 38.0 Å². The zero-order valence-electron chi connectivity index (χ0n) is 11.8. The minimum absolute atomic E-state index is 0.251. The number of alkyl halides is 1. The molecule has 0 saturated heterocycles. The predicted octanol–water partition coefficient (Wildman–Crippen LogP) is 3.27. The lowest BCUT2D eigenvalue weighted by atomic mass is 10.2. The zero-order valence-corrected chi connectivity index (χ0v) is 14.2. The third-order valence-corrected chi connectivity index (χ3v) is 5.80. The van der Waals surface area contributed by atoms with Gasteiger partial charge in [0.2, 0.25) is 10.0 Å². The van der Waals surface area contributed by atoms with Crippen molar-refractivity contribution in [3.63, 3.8) is 0 Å². The molecule has 0 spiro atoms. The molecule has 114 valence electrons. The molecule has 0 amide bonds. The molecule has 7 heteroatoms. The highest BCUT2D eigenvalue weighted by Crippen LogP contribution is 2.21. The van der Waals surface area contributed by atoms with Gasteiger partial charge in [0.25, 0.3) is 0 Å². The van der Waals surface area contributed by atoms with Crippen molar-refractivity contribution in [2.75, 3.05) is 5.88 Å². The fourth-order valence-electron chi connectivity index (χ4n) is 1.87. The lowest BCUT2D eigenvalue weighted by Gasteiger charge is -2.12. The predicted molar refractivity (Wildman–Crippen MR) is 86.5 cm³/mol. The highest BCUT2D eigenvalue weighted by molar-refractivity contribution is 7.89. The molecule has 4 nitrogen and oxygen atoms in total. The molecule has 1 unspecified atom stereocenters. The van der Waals surface area contributed by atoms with E-state index < -0.39 is 10.0 Å². The summed E-state index contributed by atoms with van der Waals surface area (Å²) in [5.74, 6) is 0.519. The van der Waals surface area contributed by atoms with Crippen molar-refractivity contribution in [2.45, 2.75) is 31.2 Å². The number of aromatic nitrogens is 1. The number of benzene rings is 1. The molecule has 0 fully saturated rings. The van der Waals surface area contributed by atoms with Crippen LogP contribution in [0.1, 0.15) is 28.4 Å². The number of hydrogen-bond donors (Lipinski definition) is 1. The Bertz CT molecular complexity index is 696. The monoisotopic (exact) mass is 344 g/mol. The minimum atomic E-state index is -3.55. The van der Waals surface area contributed by atoms with Crippen LogP contribution in [-0.2, 0) is 16.4 Å². The molecule has 0 aliphatic rings. The van der Waals surface area contributed by atoms with Crippen LogP contribution in [0.3, 0.4) is 0 Å². The second-order valence-electron chi connectivity index (χ2n) is 4.74. The highest BCUT2D eigenvalue weighted by Gasteiger charge is 2.20. The number of nitrogens with zero attached hydrogens (tertiary/aromatic N) is 1. The summed E-state index contributed by atoms with van der Waals surface area (Å²) in [5, 5.41) is 0.759. The van der Waals surface area contributed by atoms with Crippen molar-refractivity contribution < 1.29 is 8.42 Å². The Kier molecular flexibility index (Phi) is 5.37. The standard InChI is InChI=1S/C14H17ClN2O2S2/c1-10-9-16-14(20-10)11(2)17-21(18,19)13-5-3-12(4-6-13)7-8-15/h3-6,9,11,17H,7-8H2,1-2H3. The quantitative estimate of drug-likeness (QED) is 0.818. The van der Waals surface area contributed by atoms with E-state index in [9.17, 15) is 8.42 Å². The van der Waals surface area contributed by atoms with E-state index in [-0.39, 0.29) is 10.9 Å². The topological polar surface area (TPSA) is 59.1 Å². The Balaban J connectivity index is 2.14. The summed E-state index contributed by atoms with van der Waals surface area (Å²) >= 11 is 7.16. The molecule has 0 radical (unpaired) electrons. The van der Waals surface area contributed by atoms with Crippen LogP contribution in [0.5, 0.6) is 0 Å². The van der Waals surface area contributed by atoms with Crippen LogP contribution in [0.2, 0.25) is 0 Å². The Morgan fingerprint density at radius 1 is 1.33 bits per heavy atom. The van der Waals surface area contributed by atoms with Gasteiger partial charge in [-0.2, -0.15) is 0 Å². The first kappa shape index (κ1) is 16.4. The number of halogens is 1. The van der Waals surface area contributed by atoms with Gasteiger partial charge in [-0.1, -0.05) is 12.1 Å². The maximum Gasteiger partial charge on any atom is 0.241 e. The highest BCUT2D eigenvalue weighted by atomic mass is 35.5. The number of rotatable bonds is 6. The van der Waals surface area contributed by atoms with Gasteiger partial charge < -0.3 is 0 Å². The van der Waals surface area contributed by atoms with Crippen molar-refractivity contribution in [3.8, 4) is 0 Å². The summed E-state index contributed by atoms with van der Waals surface area (Å²) < 4.78 is 27.3. The van der Waals surface area contributed by atoms with Gasteiger partial charge in [0.1, 0.15) is 5.01 Å². The molecule has 0 bridgehead atoms. The fraction of sp³-hybridized carbons (Fsp3) is 0.357. The van der Waals surface area contributed by atoms with E-state index in [0.717, 1.165) is 21.9 Å². The summed E-state index contributed by atoms with van der Waals surface area (Å²) in [7, 11) is -3.55. The molecule has 2 rings (SSSR count). The third-order valence-electron chi connectivity index (χ3n) is 2.96. The summed E-state index contributed by atoms with van der Waals surface area (Å²) in [5.41, 5.74) is 1.02. The number of nitrogens with one attached hydrogen (secondary N) is 1. The van der Waals surface area contributed by atoms with E-state index in [1.165, 1.54) is 11.3 Å². The van der Waals surface area contributed by atoms with E-state index in [0.29, 0.717) is 5.88 Å². The first-order chi connectivity index (χ1) is 9.92. The second kappa shape index (κ2) is 6.87. The molecule has 0 aliphatic carbocycles. The Labute approximate surface area is 134 Å². The normalized spacial score (nSPS) is 13.3. The van der Waals surface area contributed by atoms with E-state index in [4.69, 9.17) is 11.6 Å². The van der Waals surface area contributed by atoms with Gasteiger partial charge in [-0.15, -0.1) is 22.9 Å². The number of sulfonamides is 1. The first-order valence-corrected chi connectivity index (χ1v) is 9.35. The van der Waals surface area contributed by atoms with Crippen LogP contribution < -0.4 is 4.72 Å². The maximum atomic E-state index is 12.3. The van der Waals surface area contributed by atoms with Crippen LogP contribution in [-0.4, -0.2) is 19.3 Å². The maximum absolute atomic E-state index is 12.3. The van der Waals surface area contributed by atoms with Crippen LogP contribution in [0.4, 0.5) is 0 Å². The average Bonchev–Trinajstić information content (AvgIpc) is 2.86. The molecule has 1 aromatic heterocycles. The molecular weight excluding hydrogens is 328 g/mol. The molecule has 0 aliphatic heterocycles. The van der Waals surface area contributed by atoms with E-state index in [2.05, 4.69) is 9.71 Å². The molecule has 1 N–H and O–H groups in total. The second-order valence-corrected chi connectivity index (χ2v) is 8.09. The summed E-state index contributed by atoms with van der Waals surface area (Å²) in [6, 6.07) is 6.43. The van der Waals surface area contributed by atoms with E-state index in [1.54, 1.807) is 37.4 Å². The Morgan fingerprint density at radius 2 is 2.00 bits per heavy atom. The Hall–Kier alpha value is -0.950. The van der Waals surface area contributed by atoms with Crippen molar-refractivity contribution in [1.29, 1.82) is 0 Å². The third kappa shape index (κ3) is 4.26. The first-order valence-electron chi connectivity index (χ1n) is 6.52. The van der Waals surface area contributed by atoms with Crippen LogP contribution in [0.15, 0.2) is 35.4 Å². The summed E-state index contributed by atoms with van der Waals surface area (Å²) in [4.78, 5) is 5.52. The lowest BCUT2D eigenvalue weighted by molar-refractivity contribution is 0.566. The van der Waals surface area contributed by atoms with Crippen molar-refractivity contribution >= 4 is 33.0 Å². The van der Waals surface area contributed by atoms with Gasteiger partial charge in [0, 0.05) is 17.0 Å². The fourth-order valence-corrected chi connectivity index (χ4v) is 4.14. The van der Waals surface area contributed by atoms with Crippen LogP contribution >= 0.6 is 22.9 Å². The average molecular weight is 345 g/mol. The number of thiazole rings is 1. The molecular formula is C14H17ClN2O2S2. The molecule has 21 heavy (non-hydrogen) atoms. The van der Waals surface area contributed by atoms with Gasteiger partial charge in [0.15, 0.2) is 0 Å². The van der Waals surface area contributed by atoms with Crippen molar-refractivity contribution in [2.24, 2.45) is 0 Å². The lowest BCUT2D eigenvalue weighted by Crippen LogP contribution is -2.26. The van der Waals surface area contributed by atoms with Crippen molar-refractivity contribution in [3.05, 3.63) is 45.9 Å². The SMILES string of the molecule is Cc1cnc(C(C)NS(=O)(=O)c2ccc(CCCl)cc2)s1. The minimum Gasteiger partial charge on any atom is -0.248 e. The molecule has 1 atom stereocenters. The molecule has 0 saturated carbocycles. The Morgan fingerprint density at radius 3 is 2.52 bits per heavy atom. The van der Waals surface area contributed by atoms with Gasteiger partial charge in [-0.25, -0.2) is 18.1 Å². The van der Waals surface area contributed by atoms with E-state index >= 15 is 0 Å². The molecule has 2 aromatic rings. The van der Waals surface area contributed by atoms with Crippen LogP contribution in [0.25, 0.3) is 0 Å². The zero-order chi connectivity index (χ0) is 15.5. The van der Waals surface area contributed by atoms with Crippen molar-refractivity contribution in [1.82, 2.24) is 9.71 Å². The largest absolute Gasteiger partial charge is 0.248 e. The summed E-state index contributed by atoms with van der Waals surface area (Å²) in [6.45, 7) is 3.73. The number of hydrogen-bond acceptors (Lipinski definition) is 4. The number of aryl methyl sites for hydroxylation is 2. The van der Waals surface area contributed by atoms with Crippen LogP contribution in [0, 0.1) is 6.92 Å². The smallest absolute Gasteiger partial charge is 0.241 e. The van der Waals surface area contributed by atoms with E-state index in [1.807, 2.05) is 6.92 Å². The van der Waals surface area contributed by atoms with Gasteiger partial charge >= 0.3 is 0 Å². The van der Waals surface area contributed by atoms with Gasteiger partial charge in [0.05, 0.1) is 10.9 Å². The molecule has 1 heterocycles. The summed E-state index contributed by atoms with van der Waals surface area (Å²) in [6.07, 6.45) is 2.47. The van der Waals surface area contributed by atoms with Gasteiger partial charge in [-0.3, -0.25) is 0 Å².